The van der Waals surface area contributed by atoms with E-state index in [0.29, 0.717) is 17.5 Å². The molecule has 0 radical (unpaired) electrons. The number of halogens is 1. The normalized spacial score (nSPS) is 16.1. The van der Waals surface area contributed by atoms with Crippen LogP contribution in [0.5, 0.6) is 0 Å². The highest BCUT2D eigenvalue weighted by Crippen LogP contribution is 2.23. The first kappa shape index (κ1) is 17.4. The predicted octanol–water partition coefficient (Wildman–Crippen LogP) is 2.59. The molecule has 4 rings (SSSR count). The number of hydrogen-bond acceptors (Lipinski definition) is 3. The number of aryl methyl sites for hydroxylation is 1. The number of carbonyl (C=O) groups is 1. The van der Waals surface area contributed by atoms with E-state index >= 15 is 0 Å². The second-order valence-electron chi connectivity index (χ2n) is 6.88. The standard InChI is InChI=1S/C21H20FN3O2/c1-12-8-15-16(10-19(26)25-20(15)17(22)9-12)21(27)24-11-18-14-5-3-2-4-13(14)6-7-23-18/h2-5,8-10,18,23H,6-7,11H2,1H3,(H,24,27)(H,25,26). The summed E-state index contributed by atoms with van der Waals surface area (Å²) in [5.41, 5.74) is 2.86. The third kappa shape index (κ3) is 3.36. The Morgan fingerprint density at radius 2 is 2.07 bits per heavy atom. The van der Waals surface area contributed by atoms with Gasteiger partial charge in [0.15, 0.2) is 0 Å². The van der Waals surface area contributed by atoms with Crippen molar-refractivity contribution in [1.29, 1.82) is 0 Å². The van der Waals surface area contributed by atoms with Gasteiger partial charge in [0.1, 0.15) is 5.82 Å². The van der Waals surface area contributed by atoms with Gasteiger partial charge in [0.2, 0.25) is 5.56 Å². The number of benzene rings is 2. The van der Waals surface area contributed by atoms with Crippen LogP contribution in [-0.2, 0) is 6.42 Å². The molecule has 0 fully saturated rings. The van der Waals surface area contributed by atoms with Gasteiger partial charge in [-0.3, -0.25) is 9.59 Å². The van der Waals surface area contributed by atoms with Crippen LogP contribution in [0.3, 0.4) is 0 Å². The molecule has 27 heavy (non-hydrogen) atoms. The molecular weight excluding hydrogens is 345 g/mol. The second-order valence-corrected chi connectivity index (χ2v) is 6.88. The van der Waals surface area contributed by atoms with E-state index in [1.165, 1.54) is 23.3 Å². The van der Waals surface area contributed by atoms with E-state index in [2.05, 4.69) is 27.8 Å². The van der Waals surface area contributed by atoms with Crippen molar-refractivity contribution in [2.24, 2.45) is 0 Å². The van der Waals surface area contributed by atoms with Crippen molar-refractivity contribution in [3.8, 4) is 0 Å². The van der Waals surface area contributed by atoms with Crippen LogP contribution >= 0.6 is 0 Å². The Morgan fingerprint density at radius 1 is 1.26 bits per heavy atom. The maximum Gasteiger partial charge on any atom is 0.252 e. The summed E-state index contributed by atoms with van der Waals surface area (Å²) in [5.74, 6) is -0.930. The van der Waals surface area contributed by atoms with Crippen molar-refractivity contribution in [1.82, 2.24) is 15.6 Å². The Labute approximate surface area is 155 Å². The topological polar surface area (TPSA) is 74.0 Å². The molecule has 2 aromatic carbocycles. The van der Waals surface area contributed by atoms with Gasteiger partial charge in [-0.2, -0.15) is 0 Å². The van der Waals surface area contributed by atoms with Crippen molar-refractivity contribution >= 4 is 16.8 Å². The molecule has 0 saturated heterocycles. The lowest BCUT2D eigenvalue weighted by Crippen LogP contribution is -2.39. The number of nitrogens with one attached hydrogen (secondary N) is 3. The van der Waals surface area contributed by atoms with Gasteiger partial charge in [0.25, 0.3) is 5.91 Å². The zero-order chi connectivity index (χ0) is 19.0. The van der Waals surface area contributed by atoms with Crippen LogP contribution in [0.15, 0.2) is 47.3 Å². The summed E-state index contributed by atoms with van der Waals surface area (Å²) in [5, 5.41) is 6.70. The number of carbonyl (C=O) groups excluding carboxylic acids is 1. The van der Waals surface area contributed by atoms with Gasteiger partial charge in [-0.15, -0.1) is 0 Å². The summed E-state index contributed by atoms with van der Waals surface area (Å²) in [6, 6.07) is 12.4. The van der Waals surface area contributed by atoms with Gasteiger partial charge < -0.3 is 15.6 Å². The molecule has 1 aliphatic heterocycles. The SMILES string of the molecule is Cc1cc(F)c2[nH]c(=O)cc(C(=O)NCC3NCCc4ccccc43)c2c1. The lowest BCUT2D eigenvalue weighted by Gasteiger charge is -2.27. The Balaban J connectivity index is 1.62. The molecule has 0 aliphatic carbocycles. The van der Waals surface area contributed by atoms with Gasteiger partial charge in [0.05, 0.1) is 11.1 Å². The first-order chi connectivity index (χ1) is 13.0. The van der Waals surface area contributed by atoms with E-state index in [9.17, 15) is 14.0 Å². The van der Waals surface area contributed by atoms with Crippen molar-refractivity contribution < 1.29 is 9.18 Å². The Morgan fingerprint density at radius 3 is 2.93 bits per heavy atom. The van der Waals surface area contributed by atoms with Crippen LogP contribution in [0.2, 0.25) is 0 Å². The molecular formula is C21H20FN3O2. The molecule has 2 heterocycles. The highest BCUT2D eigenvalue weighted by atomic mass is 19.1. The maximum atomic E-state index is 14.2. The minimum Gasteiger partial charge on any atom is -0.350 e. The zero-order valence-electron chi connectivity index (χ0n) is 14.9. The molecule has 1 atom stereocenters. The lowest BCUT2D eigenvalue weighted by molar-refractivity contribution is 0.0950. The van der Waals surface area contributed by atoms with Crippen molar-refractivity contribution in [2.45, 2.75) is 19.4 Å². The predicted molar refractivity (Wildman–Crippen MR) is 102 cm³/mol. The monoisotopic (exact) mass is 365 g/mol. The van der Waals surface area contributed by atoms with Gasteiger partial charge >= 0.3 is 0 Å². The Kier molecular flexibility index (Phi) is 4.49. The van der Waals surface area contributed by atoms with E-state index in [4.69, 9.17) is 0 Å². The van der Waals surface area contributed by atoms with Crippen molar-refractivity contribution in [3.63, 3.8) is 0 Å². The highest BCUT2D eigenvalue weighted by molar-refractivity contribution is 6.06. The molecule has 5 nitrogen and oxygen atoms in total. The minimum absolute atomic E-state index is 0.00522. The van der Waals surface area contributed by atoms with Crippen molar-refractivity contribution in [2.75, 3.05) is 13.1 Å². The van der Waals surface area contributed by atoms with Crippen LogP contribution in [0.4, 0.5) is 4.39 Å². The fourth-order valence-electron chi connectivity index (χ4n) is 3.70. The largest absolute Gasteiger partial charge is 0.350 e. The summed E-state index contributed by atoms with van der Waals surface area (Å²) >= 11 is 0. The number of pyridine rings is 1. The molecule has 138 valence electrons. The third-order valence-electron chi connectivity index (χ3n) is 4.98. The number of rotatable bonds is 3. The fraction of sp³-hybridized carbons (Fsp3) is 0.238. The van der Waals surface area contributed by atoms with Gasteiger partial charge in [0, 0.05) is 24.0 Å². The molecule has 0 spiro atoms. The molecule has 1 amide bonds. The quantitative estimate of drug-likeness (QED) is 0.668. The lowest BCUT2D eigenvalue weighted by atomic mass is 9.94. The minimum atomic E-state index is -0.542. The van der Waals surface area contributed by atoms with Gasteiger partial charge in [-0.05, 0) is 48.7 Å². The van der Waals surface area contributed by atoms with Crippen LogP contribution in [0.25, 0.3) is 10.9 Å². The van der Waals surface area contributed by atoms with Crippen LogP contribution in [0, 0.1) is 12.7 Å². The number of H-pyrrole nitrogens is 1. The summed E-state index contributed by atoms with van der Waals surface area (Å²) in [6.45, 7) is 2.98. The number of fused-ring (bicyclic) bond motifs is 2. The third-order valence-corrected chi connectivity index (χ3v) is 4.98. The van der Waals surface area contributed by atoms with E-state index in [-0.39, 0.29) is 23.0 Å². The maximum absolute atomic E-state index is 14.2. The summed E-state index contributed by atoms with van der Waals surface area (Å²) in [4.78, 5) is 27.2. The number of aromatic amines is 1. The van der Waals surface area contributed by atoms with E-state index in [0.717, 1.165) is 13.0 Å². The van der Waals surface area contributed by atoms with E-state index < -0.39 is 11.4 Å². The summed E-state index contributed by atoms with van der Waals surface area (Å²) < 4.78 is 14.2. The van der Waals surface area contributed by atoms with E-state index in [1.54, 1.807) is 13.0 Å². The molecule has 3 aromatic rings. The number of aromatic nitrogens is 1. The van der Waals surface area contributed by atoms with Gasteiger partial charge in [-0.25, -0.2) is 4.39 Å². The molecule has 6 heteroatoms. The average Bonchev–Trinajstić information content (AvgIpc) is 2.66. The smallest absolute Gasteiger partial charge is 0.252 e. The van der Waals surface area contributed by atoms with Gasteiger partial charge in [-0.1, -0.05) is 24.3 Å². The average molecular weight is 365 g/mol. The Hall–Kier alpha value is -2.99. The van der Waals surface area contributed by atoms with Crippen LogP contribution < -0.4 is 16.2 Å². The zero-order valence-corrected chi connectivity index (χ0v) is 14.9. The molecule has 1 aliphatic rings. The Bertz CT molecular complexity index is 1090. The molecule has 3 N–H and O–H groups in total. The highest BCUT2D eigenvalue weighted by Gasteiger charge is 2.21. The van der Waals surface area contributed by atoms with Crippen molar-refractivity contribution in [3.05, 3.63) is 80.9 Å². The summed E-state index contributed by atoms with van der Waals surface area (Å²) in [7, 11) is 0. The summed E-state index contributed by atoms with van der Waals surface area (Å²) in [6.07, 6.45) is 0.956. The first-order valence-corrected chi connectivity index (χ1v) is 8.95. The first-order valence-electron chi connectivity index (χ1n) is 8.95. The molecule has 1 aromatic heterocycles. The molecule has 1 unspecified atom stereocenters. The van der Waals surface area contributed by atoms with E-state index in [1.807, 2.05) is 12.1 Å². The van der Waals surface area contributed by atoms with Crippen LogP contribution in [-0.4, -0.2) is 24.0 Å². The van der Waals surface area contributed by atoms with Crippen LogP contribution in [0.1, 0.15) is 33.1 Å². The molecule has 0 saturated carbocycles. The second kappa shape index (κ2) is 6.96. The number of hydrogen-bond donors (Lipinski definition) is 3. The number of amides is 1. The molecule has 0 bridgehead atoms. The fourth-order valence-corrected chi connectivity index (χ4v) is 3.70.